The van der Waals surface area contributed by atoms with Crippen LogP contribution < -0.4 is 0 Å². The van der Waals surface area contributed by atoms with Gasteiger partial charge in [0.05, 0.1) is 9.21 Å². The van der Waals surface area contributed by atoms with E-state index in [0.717, 1.165) is 23.3 Å². The van der Waals surface area contributed by atoms with Gasteiger partial charge in [0.1, 0.15) is 6.10 Å². The van der Waals surface area contributed by atoms with E-state index < -0.39 is 0 Å². The summed E-state index contributed by atoms with van der Waals surface area (Å²) < 4.78 is 6.03. The maximum atomic E-state index is 11.8. The van der Waals surface area contributed by atoms with Crippen LogP contribution in [0.3, 0.4) is 0 Å². The van der Waals surface area contributed by atoms with Crippen LogP contribution in [0.25, 0.3) is 0 Å². The van der Waals surface area contributed by atoms with Gasteiger partial charge in [-0.05, 0) is 31.4 Å². The molecule has 0 bridgehead atoms. The topological polar surface area (TPSA) is 26.3 Å². The Labute approximate surface area is 91.8 Å². The van der Waals surface area contributed by atoms with Gasteiger partial charge in [0.25, 0.3) is 0 Å². The normalized spacial score (nSPS) is 21.4. The third-order valence-corrected chi connectivity index (χ3v) is 3.89. The Morgan fingerprint density at radius 3 is 3.00 bits per heavy atom. The number of hydrogen-bond donors (Lipinski definition) is 0. The van der Waals surface area contributed by atoms with Gasteiger partial charge in [-0.25, -0.2) is 0 Å². The van der Waals surface area contributed by atoms with E-state index in [9.17, 15) is 4.79 Å². The van der Waals surface area contributed by atoms with E-state index >= 15 is 0 Å². The molecule has 1 aliphatic heterocycles. The Balaban J connectivity index is 2.18. The van der Waals surface area contributed by atoms with E-state index in [1.165, 1.54) is 11.3 Å². The summed E-state index contributed by atoms with van der Waals surface area (Å²) >= 11 is 7.25. The SMILES string of the molecule is Cc1cc(C(=O)C2CCCO2)sc1Cl. The van der Waals surface area contributed by atoms with Crippen molar-refractivity contribution in [3.8, 4) is 0 Å². The summed E-state index contributed by atoms with van der Waals surface area (Å²) in [6.45, 7) is 2.61. The van der Waals surface area contributed by atoms with Gasteiger partial charge in [0.15, 0.2) is 0 Å². The first kappa shape index (κ1) is 10.1. The first-order valence-corrected chi connectivity index (χ1v) is 5.79. The zero-order chi connectivity index (χ0) is 10.1. The third-order valence-electron chi connectivity index (χ3n) is 2.32. The van der Waals surface area contributed by atoms with Crippen molar-refractivity contribution in [2.45, 2.75) is 25.9 Å². The van der Waals surface area contributed by atoms with Crippen molar-refractivity contribution in [1.82, 2.24) is 0 Å². The molecule has 0 amide bonds. The number of carbonyl (C=O) groups is 1. The molecule has 2 heterocycles. The van der Waals surface area contributed by atoms with Gasteiger partial charge < -0.3 is 4.74 Å². The lowest BCUT2D eigenvalue weighted by atomic mass is 10.1. The number of thiophene rings is 1. The largest absolute Gasteiger partial charge is 0.370 e. The molecule has 0 radical (unpaired) electrons. The van der Waals surface area contributed by atoms with Gasteiger partial charge >= 0.3 is 0 Å². The van der Waals surface area contributed by atoms with Crippen molar-refractivity contribution >= 4 is 28.7 Å². The number of ketones is 1. The van der Waals surface area contributed by atoms with Gasteiger partial charge in [-0.15, -0.1) is 11.3 Å². The number of aryl methyl sites for hydroxylation is 1. The Bertz CT molecular complexity index is 334. The molecule has 2 nitrogen and oxygen atoms in total. The Morgan fingerprint density at radius 2 is 2.50 bits per heavy atom. The van der Waals surface area contributed by atoms with Gasteiger partial charge in [-0.1, -0.05) is 11.6 Å². The molecule has 0 aromatic carbocycles. The molecular weight excluding hydrogens is 220 g/mol. The van der Waals surface area contributed by atoms with Crippen LogP contribution >= 0.6 is 22.9 Å². The molecule has 4 heteroatoms. The zero-order valence-corrected chi connectivity index (χ0v) is 9.45. The summed E-state index contributed by atoms with van der Waals surface area (Å²) in [5.41, 5.74) is 0.970. The number of rotatable bonds is 2. The summed E-state index contributed by atoms with van der Waals surface area (Å²) in [5, 5.41) is 0. The minimum atomic E-state index is -0.232. The van der Waals surface area contributed by atoms with Crippen molar-refractivity contribution < 1.29 is 9.53 Å². The van der Waals surface area contributed by atoms with Crippen LogP contribution in [0.5, 0.6) is 0 Å². The van der Waals surface area contributed by atoms with E-state index in [2.05, 4.69) is 0 Å². The first-order chi connectivity index (χ1) is 6.68. The predicted molar refractivity (Wildman–Crippen MR) is 57.4 cm³/mol. The monoisotopic (exact) mass is 230 g/mol. The minimum absolute atomic E-state index is 0.0856. The number of halogens is 1. The molecule has 1 saturated heterocycles. The highest BCUT2D eigenvalue weighted by Gasteiger charge is 2.26. The Kier molecular flexibility index (Phi) is 2.91. The van der Waals surface area contributed by atoms with Crippen molar-refractivity contribution in [1.29, 1.82) is 0 Å². The van der Waals surface area contributed by atoms with Gasteiger partial charge in [-0.3, -0.25) is 4.79 Å². The smallest absolute Gasteiger partial charge is 0.201 e. The highest BCUT2D eigenvalue weighted by Crippen LogP contribution is 2.29. The molecule has 1 unspecified atom stereocenters. The van der Waals surface area contributed by atoms with Gasteiger partial charge in [0.2, 0.25) is 5.78 Å². The second kappa shape index (κ2) is 4.01. The molecular formula is C10H11ClO2S. The molecule has 1 fully saturated rings. The zero-order valence-electron chi connectivity index (χ0n) is 7.88. The molecule has 0 spiro atoms. The van der Waals surface area contributed by atoms with Crippen LogP contribution in [0.2, 0.25) is 4.34 Å². The molecule has 1 aromatic heterocycles. The fraction of sp³-hybridized carbons (Fsp3) is 0.500. The van der Waals surface area contributed by atoms with E-state index in [1.54, 1.807) is 0 Å². The van der Waals surface area contributed by atoms with Crippen LogP contribution in [-0.2, 0) is 4.74 Å². The minimum Gasteiger partial charge on any atom is -0.370 e. The highest BCUT2D eigenvalue weighted by atomic mass is 35.5. The molecule has 2 rings (SSSR count). The van der Waals surface area contributed by atoms with E-state index in [1.807, 2.05) is 13.0 Å². The lowest BCUT2D eigenvalue weighted by molar-refractivity contribution is 0.0647. The van der Waals surface area contributed by atoms with Crippen LogP contribution in [0.1, 0.15) is 28.1 Å². The average Bonchev–Trinajstić information content (AvgIpc) is 2.76. The van der Waals surface area contributed by atoms with Crippen LogP contribution in [-0.4, -0.2) is 18.5 Å². The summed E-state index contributed by atoms with van der Waals surface area (Å²) in [4.78, 5) is 12.6. The van der Waals surface area contributed by atoms with Crippen molar-refractivity contribution in [3.63, 3.8) is 0 Å². The Hall–Kier alpha value is -0.380. The number of ether oxygens (including phenoxy) is 1. The summed E-state index contributed by atoms with van der Waals surface area (Å²) in [5.74, 6) is 0.0856. The van der Waals surface area contributed by atoms with Crippen molar-refractivity contribution in [3.05, 3.63) is 20.8 Å². The molecule has 0 saturated carbocycles. The van der Waals surface area contributed by atoms with Crippen LogP contribution in [0, 0.1) is 6.92 Å². The number of carbonyl (C=O) groups excluding carboxylic acids is 1. The second-order valence-electron chi connectivity index (χ2n) is 3.43. The van der Waals surface area contributed by atoms with Gasteiger partial charge in [-0.2, -0.15) is 0 Å². The predicted octanol–water partition coefficient (Wildman–Crippen LogP) is 3.07. The summed E-state index contributed by atoms with van der Waals surface area (Å²) in [6.07, 6.45) is 1.59. The number of Topliss-reactive ketones (excluding diaryl/α,β-unsaturated/α-hetero) is 1. The maximum absolute atomic E-state index is 11.8. The van der Waals surface area contributed by atoms with E-state index in [-0.39, 0.29) is 11.9 Å². The summed E-state index contributed by atoms with van der Waals surface area (Å²) in [6, 6.07) is 1.84. The summed E-state index contributed by atoms with van der Waals surface area (Å²) in [7, 11) is 0. The molecule has 14 heavy (non-hydrogen) atoms. The maximum Gasteiger partial charge on any atom is 0.201 e. The standard InChI is InChI=1S/C10H11ClO2S/c1-6-5-8(14-10(6)11)9(12)7-3-2-4-13-7/h5,7H,2-4H2,1H3. The molecule has 0 N–H and O–H groups in total. The highest BCUT2D eigenvalue weighted by molar-refractivity contribution is 7.18. The average molecular weight is 231 g/mol. The molecule has 0 aliphatic carbocycles. The Morgan fingerprint density at radius 1 is 1.71 bits per heavy atom. The van der Waals surface area contributed by atoms with E-state index in [4.69, 9.17) is 16.3 Å². The fourth-order valence-corrected chi connectivity index (χ4v) is 2.71. The number of hydrogen-bond acceptors (Lipinski definition) is 3. The van der Waals surface area contributed by atoms with Crippen LogP contribution in [0.15, 0.2) is 6.07 Å². The fourth-order valence-electron chi connectivity index (χ4n) is 1.52. The lowest BCUT2D eigenvalue weighted by Crippen LogP contribution is -2.18. The molecule has 1 aliphatic rings. The molecule has 76 valence electrons. The first-order valence-electron chi connectivity index (χ1n) is 4.60. The van der Waals surface area contributed by atoms with E-state index in [0.29, 0.717) is 10.9 Å². The van der Waals surface area contributed by atoms with Crippen molar-refractivity contribution in [2.75, 3.05) is 6.61 Å². The van der Waals surface area contributed by atoms with Gasteiger partial charge in [0, 0.05) is 6.61 Å². The molecule has 1 aromatic rings. The quantitative estimate of drug-likeness (QED) is 0.730. The third kappa shape index (κ3) is 1.85. The van der Waals surface area contributed by atoms with Crippen molar-refractivity contribution in [2.24, 2.45) is 0 Å². The van der Waals surface area contributed by atoms with Crippen LogP contribution in [0.4, 0.5) is 0 Å². The lowest BCUT2D eigenvalue weighted by Gasteiger charge is -2.04. The second-order valence-corrected chi connectivity index (χ2v) is 5.09. The molecule has 1 atom stereocenters.